The van der Waals surface area contributed by atoms with Gasteiger partial charge in [0, 0.05) is 19.1 Å². The van der Waals surface area contributed by atoms with Crippen LogP contribution in [0.5, 0.6) is 0 Å². The third-order valence-corrected chi connectivity index (χ3v) is 2.00. The largest absolute Gasteiger partial charge is 1.00 e. The summed E-state index contributed by atoms with van der Waals surface area (Å²) in [6.45, 7) is 2.59. The predicted octanol–water partition coefficient (Wildman–Crippen LogP) is -4.53. The molecule has 0 heterocycles. The first-order chi connectivity index (χ1) is 4.95. The minimum Gasteiger partial charge on any atom is -0.748 e. The Bertz CT molecular complexity index is 195. The maximum absolute atomic E-state index is 10.2. The van der Waals surface area contributed by atoms with E-state index in [4.69, 9.17) is 5.73 Å². The van der Waals surface area contributed by atoms with Crippen LogP contribution in [0.25, 0.3) is 0 Å². The van der Waals surface area contributed by atoms with Gasteiger partial charge in [0.25, 0.3) is 0 Å². The molecule has 68 valence electrons. The van der Waals surface area contributed by atoms with Crippen LogP contribution < -0.4 is 40.6 Å². The Morgan fingerprint density at radius 2 is 2.08 bits per heavy atom. The third kappa shape index (κ3) is 10.8. The number of nitrogens with one attached hydrogen (secondary N) is 1. The SMILES string of the molecule is CC(CS(=O)(=O)[O-])NCCN.[Na+]. The summed E-state index contributed by atoms with van der Waals surface area (Å²) < 4.78 is 30.5. The summed E-state index contributed by atoms with van der Waals surface area (Å²) in [5.74, 6) is -0.382. The van der Waals surface area contributed by atoms with Crippen molar-refractivity contribution in [3.05, 3.63) is 0 Å². The van der Waals surface area contributed by atoms with Gasteiger partial charge < -0.3 is 15.6 Å². The molecule has 0 aromatic rings. The molecule has 0 bridgehead atoms. The van der Waals surface area contributed by atoms with Crippen LogP contribution in [-0.2, 0) is 10.1 Å². The Hall–Kier alpha value is 0.830. The molecule has 0 aliphatic carbocycles. The topological polar surface area (TPSA) is 95.2 Å². The molecular weight excluding hydrogens is 191 g/mol. The maximum Gasteiger partial charge on any atom is 1.00 e. The maximum atomic E-state index is 10.2. The van der Waals surface area contributed by atoms with E-state index >= 15 is 0 Å². The molecule has 0 saturated carbocycles. The Kier molecular flexibility index (Phi) is 9.25. The third-order valence-electron chi connectivity index (χ3n) is 1.09. The van der Waals surface area contributed by atoms with Gasteiger partial charge in [-0.3, -0.25) is 0 Å². The van der Waals surface area contributed by atoms with Crippen LogP contribution in [0.2, 0.25) is 0 Å². The van der Waals surface area contributed by atoms with Gasteiger partial charge in [-0.25, -0.2) is 8.42 Å². The van der Waals surface area contributed by atoms with Crippen LogP contribution in [-0.4, -0.2) is 37.9 Å². The van der Waals surface area contributed by atoms with E-state index in [9.17, 15) is 13.0 Å². The molecule has 5 nitrogen and oxygen atoms in total. The summed E-state index contributed by atoms with van der Waals surface area (Å²) in [4.78, 5) is 0. The van der Waals surface area contributed by atoms with Crippen LogP contribution in [0.3, 0.4) is 0 Å². The number of rotatable bonds is 5. The summed E-state index contributed by atoms with van der Waals surface area (Å²) in [6.07, 6.45) is 0. The molecule has 0 aliphatic rings. The van der Waals surface area contributed by atoms with Crippen LogP contribution in [0.4, 0.5) is 0 Å². The van der Waals surface area contributed by atoms with E-state index in [0.29, 0.717) is 13.1 Å². The van der Waals surface area contributed by atoms with E-state index in [0.717, 1.165) is 0 Å². The van der Waals surface area contributed by atoms with Crippen molar-refractivity contribution in [3.8, 4) is 0 Å². The first kappa shape index (κ1) is 15.3. The summed E-state index contributed by atoms with van der Waals surface area (Å²) in [5.41, 5.74) is 5.15. The number of hydrogen-bond donors (Lipinski definition) is 2. The predicted molar refractivity (Wildman–Crippen MR) is 41.1 cm³/mol. The van der Waals surface area contributed by atoms with Gasteiger partial charge in [-0.05, 0) is 6.92 Å². The molecule has 7 heteroatoms. The van der Waals surface area contributed by atoms with Crippen LogP contribution in [0, 0.1) is 0 Å². The summed E-state index contributed by atoms with van der Waals surface area (Å²) in [7, 11) is -4.11. The number of hydrogen-bond acceptors (Lipinski definition) is 5. The van der Waals surface area contributed by atoms with Gasteiger partial charge in [0.15, 0.2) is 0 Å². The van der Waals surface area contributed by atoms with E-state index in [2.05, 4.69) is 5.32 Å². The van der Waals surface area contributed by atoms with Gasteiger partial charge in [-0.2, -0.15) is 0 Å². The zero-order chi connectivity index (χ0) is 8.91. The molecule has 0 aromatic carbocycles. The molecule has 0 spiro atoms. The molecule has 0 amide bonds. The van der Waals surface area contributed by atoms with Crippen molar-refractivity contribution in [1.82, 2.24) is 5.32 Å². The molecule has 3 N–H and O–H groups in total. The van der Waals surface area contributed by atoms with E-state index in [1.807, 2.05) is 0 Å². The second-order valence-electron chi connectivity index (χ2n) is 2.37. The van der Waals surface area contributed by atoms with Gasteiger partial charge in [-0.15, -0.1) is 0 Å². The number of nitrogens with two attached hydrogens (primary N) is 1. The molecule has 0 radical (unpaired) electrons. The van der Waals surface area contributed by atoms with Crippen molar-refractivity contribution in [2.24, 2.45) is 5.73 Å². The second-order valence-corrected chi connectivity index (χ2v) is 3.82. The van der Waals surface area contributed by atoms with Crippen molar-refractivity contribution in [1.29, 1.82) is 0 Å². The zero-order valence-electron chi connectivity index (χ0n) is 7.41. The Balaban J connectivity index is 0. The van der Waals surface area contributed by atoms with Gasteiger partial charge in [0.1, 0.15) is 0 Å². The van der Waals surface area contributed by atoms with Gasteiger partial charge in [0.05, 0.1) is 15.9 Å². The second kappa shape index (κ2) is 7.25. The Labute approximate surface area is 95.1 Å². The van der Waals surface area contributed by atoms with E-state index in [1.54, 1.807) is 6.92 Å². The van der Waals surface area contributed by atoms with Gasteiger partial charge in [-0.1, -0.05) is 0 Å². The first-order valence-corrected chi connectivity index (χ1v) is 4.90. The summed E-state index contributed by atoms with van der Waals surface area (Å²) >= 11 is 0. The fourth-order valence-electron chi connectivity index (χ4n) is 0.695. The molecule has 0 saturated heterocycles. The van der Waals surface area contributed by atoms with Crippen LogP contribution in [0.1, 0.15) is 6.92 Å². The van der Waals surface area contributed by atoms with Gasteiger partial charge in [0.2, 0.25) is 0 Å². The van der Waals surface area contributed by atoms with E-state index < -0.39 is 10.1 Å². The molecule has 0 aliphatic heterocycles. The van der Waals surface area contributed by atoms with Crippen molar-refractivity contribution < 1.29 is 42.5 Å². The minimum absolute atomic E-state index is 0. The fraction of sp³-hybridized carbons (Fsp3) is 1.00. The minimum atomic E-state index is -4.11. The zero-order valence-corrected chi connectivity index (χ0v) is 10.2. The van der Waals surface area contributed by atoms with Crippen molar-refractivity contribution >= 4 is 10.1 Å². The van der Waals surface area contributed by atoms with E-state index in [1.165, 1.54) is 0 Å². The Morgan fingerprint density at radius 1 is 1.58 bits per heavy atom. The smallest absolute Gasteiger partial charge is 0.748 e. The van der Waals surface area contributed by atoms with E-state index in [-0.39, 0.29) is 41.4 Å². The molecular formula is C5H13N2NaO3S. The quantitative estimate of drug-likeness (QED) is 0.347. The van der Waals surface area contributed by atoms with Crippen LogP contribution in [0.15, 0.2) is 0 Å². The van der Waals surface area contributed by atoms with Gasteiger partial charge >= 0.3 is 29.6 Å². The standard InChI is InChI=1S/C5H14N2O3S.Na/c1-5(7-3-2-6)4-11(8,9)10;/h5,7H,2-4,6H2,1H3,(H,8,9,10);/q;+1/p-1. The van der Waals surface area contributed by atoms with Crippen molar-refractivity contribution in [3.63, 3.8) is 0 Å². The van der Waals surface area contributed by atoms with Crippen molar-refractivity contribution in [2.75, 3.05) is 18.8 Å². The molecule has 1 atom stereocenters. The normalized spacial score (nSPS) is 13.6. The summed E-state index contributed by atoms with van der Waals surface area (Å²) in [6, 6.07) is -0.318. The monoisotopic (exact) mass is 204 g/mol. The molecule has 0 aromatic heterocycles. The first-order valence-electron chi connectivity index (χ1n) is 3.32. The average Bonchev–Trinajstić information content (AvgIpc) is 1.79. The molecule has 1 unspecified atom stereocenters. The Morgan fingerprint density at radius 3 is 2.42 bits per heavy atom. The fourth-order valence-corrected chi connectivity index (χ4v) is 1.43. The van der Waals surface area contributed by atoms with Crippen LogP contribution >= 0.6 is 0 Å². The average molecular weight is 204 g/mol. The summed E-state index contributed by atoms with van der Waals surface area (Å²) in [5, 5.41) is 2.78. The van der Waals surface area contributed by atoms with Crippen molar-refractivity contribution in [2.45, 2.75) is 13.0 Å². The molecule has 0 fully saturated rings. The molecule has 0 rings (SSSR count). The molecule has 12 heavy (non-hydrogen) atoms.